The molecule has 0 aliphatic carbocycles. The van der Waals surface area contributed by atoms with Crippen molar-refractivity contribution in [3.05, 3.63) is 73.5 Å². The SMILES string of the molecule is CCOc1cc(-c2c(C(=O)O)c(N)[nH]c(=O)c2C(=O)O)ccc1OCc1c(Cl)cccc1Cl. The molecule has 0 saturated carbocycles. The summed E-state index contributed by atoms with van der Waals surface area (Å²) in [4.78, 5) is 37.9. The Morgan fingerprint density at radius 1 is 1.00 bits per heavy atom. The highest BCUT2D eigenvalue weighted by Crippen LogP contribution is 2.37. The number of hydrogen-bond acceptors (Lipinski definition) is 6. The van der Waals surface area contributed by atoms with E-state index in [4.69, 9.17) is 38.4 Å². The van der Waals surface area contributed by atoms with Gasteiger partial charge in [-0.25, -0.2) is 9.59 Å². The van der Waals surface area contributed by atoms with Gasteiger partial charge in [0.25, 0.3) is 5.56 Å². The van der Waals surface area contributed by atoms with Gasteiger partial charge < -0.3 is 30.4 Å². The van der Waals surface area contributed by atoms with Gasteiger partial charge in [-0.15, -0.1) is 0 Å². The van der Waals surface area contributed by atoms with Gasteiger partial charge in [-0.3, -0.25) is 4.79 Å². The summed E-state index contributed by atoms with van der Waals surface area (Å²) in [5, 5.41) is 20.0. The van der Waals surface area contributed by atoms with Gasteiger partial charge in [0.1, 0.15) is 23.6 Å². The zero-order valence-corrected chi connectivity index (χ0v) is 18.7. The number of nitrogens with two attached hydrogens (primary N) is 1. The van der Waals surface area contributed by atoms with Crippen LogP contribution in [0.2, 0.25) is 10.0 Å². The number of pyridine rings is 1. The Hall–Kier alpha value is -3.69. The number of carbonyl (C=O) groups is 2. The van der Waals surface area contributed by atoms with Gasteiger partial charge in [0.15, 0.2) is 11.5 Å². The molecule has 1 heterocycles. The molecule has 0 unspecified atom stereocenters. The Kier molecular flexibility index (Phi) is 7.15. The van der Waals surface area contributed by atoms with Crippen LogP contribution < -0.4 is 20.8 Å². The van der Waals surface area contributed by atoms with Crippen LogP contribution in [0.4, 0.5) is 5.82 Å². The zero-order valence-electron chi connectivity index (χ0n) is 17.1. The number of aromatic amines is 1. The minimum absolute atomic E-state index is 0.0105. The highest BCUT2D eigenvalue weighted by atomic mass is 35.5. The Morgan fingerprint density at radius 2 is 1.64 bits per heavy atom. The Balaban J connectivity index is 2.13. The van der Waals surface area contributed by atoms with Gasteiger partial charge in [-0.1, -0.05) is 35.3 Å². The standard InChI is InChI=1S/C22H18Cl2N2O7/c1-2-32-15-8-10(6-7-14(15)33-9-11-12(23)4-3-5-13(11)24)16-17(21(28)29)19(25)26-20(27)18(16)22(30)31/h3-8H,2,9H2,1H3,(H,28,29)(H,30,31)(H3,25,26,27). The third-order valence-electron chi connectivity index (χ3n) is 4.64. The van der Waals surface area contributed by atoms with Gasteiger partial charge in [0, 0.05) is 21.2 Å². The smallest absolute Gasteiger partial charge is 0.342 e. The largest absolute Gasteiger partial charge is 0.490 e. The van der Waals surface area contributed by atoms with Crippen LogP contribution in [0.5, 0.6) is 11.5 Å². The number of halogens is 2. The average Bonchev–Trinajstić information content (AvgIpc) is 2.73. The molecular weight excluding hydrogens is 475 g/mol. The van der Waals surface area contributed by atoms with Gasteiger partial charge in [-0.2, -0.15) is 0 Å². The lowest BCUT2D eigenvalue weighted by molar-refractivity contribution is 0.0695. The van der Waals surface area contributed by atoms with E-state index >= 15 is 0 Å². The second-order valence-corrected chi connectivity index (χ2v) is 7.50. The lowest BCUT2D eigenvalue weighted by Gasteiger charge is -2.16. The number of anilines is 1. The van der Waals surface area contributed by atoms with Crippen LogP contribution in [0.25, 0.3) is 11.1 Å². The van der Waals surface area contributed by atoms with Gasteiger partial charge in [0.2, 0.25) is 0 Å². The molecule has 3 aromatic rings. The average molecular weight is 493 g/mol. The molecule has 172 valence electrons. The van der Waals surface area contributed by atoms with E-state index in [1.807, 2.05) is 0 Å². The monoisotopic (exact) mass is 492 g/mol. The molecule has 0 bridgehead atoms. The Labute approximate surface area is 197 Å². The zero-order chi connectivity index (χ0) is 24.3. The van der Waals surface area contributed by atoms with E-state index in [-0.39, 0.29) is 35.8 Å². The molecule has 0 aliphatic heterocycles. The van der Waals surface area contributed by atoms with Crippen molar-refractivity contribution in [3.63, 3.8) is 0 Å². The van der Waals surface area contributed by atoms with Crippen molar-refractivity contribution < 1.29 is 29.3 Å². The highest BCUT2D eigenvalue weighted by Gasteiger charge is 2.27. The fourth-order valence-corrected chi connectivity index (χ4v) is 3.71. The molecule has 0 amide bonds. The van der Waals surface area contributed by atoms with Crippen molar-refractivity contribution in [2.75, 3.05) is 12.3 Å². The molecular formula is C22H18Cl2N2O7. The molecule has 0 saturated heterocycles. The minimum atomic E-state index is -1.61. The van der Waals surface area contributed by atoms with Gasteiger partial charge in [0.05, 0.1) is 6.61 Å². The predicted molar refractivity (Wildman–Crippen MR) is 123 cm³/mol. The maximum atomic E-state index is 12.3. The summed E-state index contributed by atoms with van der Waals surface area (Å²) in [7, 11) is 0. The van der Waals surface area contributed by atoms with Crippen molar-refractivity contribution in [1.82, 2.24) is 4.98 Å². The molecule has 2 aromatic carbocycles. The third kappa shape index (κ3) is 4.89. The number of nitrogens with one attached hydrogen (secondary N) is 1. The molecule has 0 atom stereocenters. The van der Waals surface area contributed by atoms with Crippen LogP contribution in [0.15, 0.2) is 41.2 Å². The number of carboxylic acids is 2. The number of carboxylic acid groups (broad SMARTS) is 2. The summed E-state index contributed by atoms with van der Waals surface area (Å²) in [6.45, 7) is 1.95. The van der Waals surface area contributed by atoms with E-state index < -0.39 is 34.4 Å². The number of aromatic nitrogens is 1. The first-order chi connectivity index (χ1) is 15.6. The van der Waals surface area contributed by atoms with Gasteiger partial charge in [-0.05, 0) is 36.8 Å². The quantitative estimate of drug-likeness (QED) is 0.362. The highest BCUT2D eigenvalue weighted by molar-refractivity contribution is 6.35. The maximum Gasteiger partial charge on any atom is 0.342 e. The summed E-state index contributed by atoms with van der Waals surface area (Å²) in [6, 6.07) is 9.26. The summed E-state index contributed by atoms with van der Waals surface area (Å²) < 4.78 is 11.4. The van der Waals surface area contributed by atoms with Crippen molar-refractivity contribution >= 4 is 41.0 Å². The molecule has 33 heavy (non-hydrogen) atoms. The molecule has 0 spiro atoms. The fraction of sp³-hybridized carbons (Fsp3) is 0.136. The third-order valence-corrected chi connectivity index (χ3v) is 5.35. The maximum absolute atomic E-state index is 12.3. The van der Waals surface area contributed by atoms with Crippen molar-refractivity contribution in [1.29, 1.82) is 0 Å². The normalized spacial score (nSPS) is 10.6. The van der Waals surface area contributed by atoms with E-state index in [0.29, 0.717) is 15.6 Å². The number of H-pyrrole nitrogens is 1. The minimum Gasteiger partial charge on any atom is -0.490 e. The van der Waals surface area contributed by atoms with Crippen LogP contribution >= 0.6 is 23.2 Å². The first-order valence-electron chi connectivity index (χ1n) is 9.50. The van der Waals surface area contributed by atoms with Crippen LogP contribution in [0, 0.1) is 0 Å². The molecule has 1 aromatic heterocycles. The molecule has 0 radical (unpaired) electrons. The number of rotatable bonds is 8. The van der Waals surface area contributed by atoms with Crippen molar-refractivity contribution in [2.24, 2.45) is 0 Å². The number of ether oxygens (including phenoxy) is 2. The summed E-state index contributed by atoms with van der Waals surface area (Å²) in [5.41, 5.74) is 3.63. The van der Waals surface area contributed by atoms with Crippen LogP contribution in [0.1, 0.15) is 33.2 Å². The molecule has 5 N–H and O–H groups in total. The predicted octanol–water partition coefficient (Wildman–Crippen LogP) is 4.31. The first kappa shape index (κ1) is 24.0. The van der Waals surface area contributed by atoms with Crippen LogP contribution in [-0.4, -0.2) is 33.7 Å². The topological polar surface area (TPSA) is 152 Å². The van der Waals surface area contributed by atoms with Crippen LogP contribution in [-0.2, 0) is 6.61 Å². The van der Waals surface area contributed by atoms with E-state index in [0.717, 1.165) is 0 Å². The second-order valence-electron chi connectivity index (χ2n) is 6.69. The van der Waals surface area contributed by atoms with E-state index in [1.54, 1.807) is 25.1 Å². The fourth-order valence-electron chi connectivity index (χ4n) is 3.21. The van der Waals surface area contributed by atoms with E-state index in [1.165, 1.54) is 18.2 Å². The Bertz CT molecular complexity index is 1280. The van der Waals surface area contributed by atoms with E-state index in [2.05, 4.69) is 4.98 Å². The molecule has 0 fully saturated rings. The van der Waals surface area contributed by atoms with Gasteiger partial charge >= 0.3 is 11.9 Å². The number of benzene rings is 2. The summed E-state index contributed by atoms with van der Waals surface area (Å²) in [5.74, 6) is -3.14. The number of aromatic carboxylic acids is 2. The lowest BCUT2D eigenvalue weighted by atomic mass is 9.95. The molecule has 11 heteroatoms. The molecule has 9 nitrogen and oxygen atoms in total. The Morgan fingerprint density at radius 3 is 2.21 bits per heavy atom. The van der Waals surface area contributed by atoms with Crippen LogP contribution in [0.3, 0.4) is 0 Å². The number of hydrogen-bond donors (Lipinski definition) is 4. The summed E-state index contributed by atoms with van der Waals surface area (Å²) in [6.07, 6.45) is 0. The first-order valence-corrected chi connectivity index (χ1v) is 10.3. The molecule has 3 rings (SSSR count). The van der Waals surface area contributed by atoms with Crippen molar-refractivity contribution in [3.8, 4) is 22.6 Å². The van der Waals surface area contributed by atoms with Crippen molar-refractivity contribution in [2.45, 2.75) is 13.5 Å². The second kappa shape index (κ2) is 9.85. The van der Waals surface area contributed by atoms with E-state index in [9.17, 15) is 24.6 Å². The lowest BCUT2D eigenvalue weighted by Crippen LogP contribution is -2.24. The summed E-state index contributed by atoms with van der Waals surface area (Å²) >= 11 is 12.3. The molecule has 0 aliphatic rings. The number of nitrogen functional groups attached to an aromatic ring is 1.